The molecule has 1 amide bonds. The van der Waals surface area contributed by atoms with E-state index < -0.39 is 5.97 Å². The Hall–Kier alpha value is -2.82. The van der Waals surface area contributed by atoms with Crippen LogP contribution in [-0.2, 0) is 9.53 Å². The van der Waals surface area contributed by atoms with E-state index in [-0.39, 0.29) is 24.0 Å². The van der Waals surface area contributed by atoms with Crippen LogP contribution >= 0.6 is 0 Å². The second-order valence-electron chi connectivity index (χ2n) is 7.41. The zero-order valence-electron chi connectivity index (χ0n) is 15.3. The Labute approximate surface area is 158 Å². The Balaban J connectivity index is 1.46. The number of rotatable bonds is 3. The number of carbonyl (C=O) groups is 2. The lowest BCUT2D eigenvalue weighted by Gasteiger charge is -2.35. The van der Waals surface area contributed by atoms with Crippen molar-refractivity contribution in [3.05, 3.63) is 59.7 Å². The third kappa shape index (κ3) is 3.18. The number of amides is 1. The molecule has 0 bridgehead atoms. The van der Waals surface area contributed by atoms with Gasteiger partial charge in [-0.25, -0.2) is 4.79 Å². The van der Waals surface area contributed by atoms with E-state index in [0.717, 1.165) is 0 Å². The average Bonchev–Trinajstić information content (AvgIpc) is 3.00. The van der Waals surface area contributed by atoms with Gasteiger partial charge in [-0.15, -0.1) is 0 Å². The quantitative estimate of drug-likeness (QED) is 0.888. The zero-order valence-corrected chi connectivity index (χ0v) is 15.3. The molecule has 2 atom stereocenters. The molecule has 5 heteroatoms. The molecule has 1 heterocycles. The Morgan fingerprint density at radius 1 is 1.07 bits per heavy atom. The Bertz CT molecular complexity index is 833. The topological polar surface area (TPSA) is 66.8 Å². The maximum atomic E-state index is 12.6. The number of benzene rings is 2. The van der Waals surface area contributed by atoms with E-state index in [2.05, 4.69) is 24.3 Å². The molecule has 1 N–H and O–H groups in total. The first kappa shape index (κ1) is 17.6. The molecule has 0 radical (unpaired) electrons. The molecule has 1 fully saturated rings. The van der Waals surface area contributed by atoms with E-state index >= 15 is 0 Å². The Morgan fingerprint density at radius 2 is 1.67 bits per heavy atom. The Morgan fingerprint density at radius 3 is 2.22 bits per heavy atom. The average molecular weight is 365 g/mol. The van der Waals surface area contributed by atoms with E-state index in [1.165, 1.54) is 22.3 Å². The maximum Gasteiger partial charge on any atom is 0.410 e. The molecule has 2 aromatic carbocycles. The summed E-state index contributed by atoms with van der Waals surface area (Å²) in [5, 5.41) is 9.18. The third-order valence-corrected chi connectivity index (χ3v) is 5.80. The van der Waals surface area contributed by atoms with Crippen LogP contribution in [0.15, 0.2) is 48.5 Å². The molecule has 1 aliphatic carbocycles. The van der Waals surface area contributed by atoms with Gasteiger partial charge in [0.2, 0.25) is 0 Å². The van der Waals surface area contributed by atoms with E-state index in [1.807, 2.05) is 31.2 Å². The molecule has 0 aromatic heterocycles. The molecule has 1 aliphatic heterocycles. The van der Waals surface area contributed by atoms with Gasteiger partial charge in [-0.05, 0) is 42.0 Å². The van der Waals surface area contributed by atoms with Crippen molar-refractivity contribution in [2.75, 3.05) is 13.2 Å². The van der Waals surface area contributed by atoms with Gasteiger partial charge in [-0.1, -0.05) is 48.5 Å². The second-order valence-corrected chi connectivity index (χ2v) is 7.41. The fourth-order valence-corrected chi connectivity index (χ4v) is 4.34. The van der Waals surface area contributed by atoms with Crippen molar-refractivity contribution in [1.82, 2.24) is 4.90 Å². The highest BCUT2D eigenvalue weighted by atomic mass is 16.6. The van der Waals surface area contributed by atoms with Gasteiger partial charge >= 0.3 is 12.1 Å². The highest BCUT2D eigenvalue weighted by Crippen LogP contribution is 2.44. The minimum atomic E-state index is -0.783. The van der Waals surface area contributed by atoms with Gasteiger partial charge in [0.05, 0.1) is 5.92 Å². The molecular weight excluding hydrogens is 342 g/mol. The van der Waals surface area contributed by atoms with E-state index in [9.17, 15) is 14.7 Å². The monoisotopic (exact) mass is 365 g/mol. The van der Waals surface area contributed by atoms with Crippen molar-refractivity contribution >= 4 is 12.1 Å². The first-order valence-corrected chi connectivity index (χ1v) is 9.40. The van der Waals surface area contributed by atoms with Crippen LogP contribution in [0.1, 0.15) is 36.8 Å². The molecule has 2 aliphatic rings. The van der Waals surface area contributed by atoms with Crippen LogP contribution in [0.25, 0.3) is 11.1 Å². The molecular formula is C22H23NO4. The minimum absolute atomic E-state index is 0.0354. The Kier molecular flexibility index (Phi) is 4.60. The smallest absolute Gasteiger partial charge is 0.410 e. The van der Waals surface area contributed by atoms with Crippen molar-refractivity contribution < 1.29 is 19.4 Å². The SMILES string of the molecule is C[C@H]1C[C@@H](C(=O)O)CCN1C(=O)OCC1c2ccccc2-c2ccccc21. The lowest BCUT2D eigenvalue weighted by molar-refractivity contribution is -0.143. The van der Waals surface area contributed by atoms with Crippen molar-refractivity contribution in [1.29, 1.82) is 0 Å². The van der Waals surface area contributed by atoms with E-state index in [1.54, 1.807) is 4.90 Å². The number of ether oxygens (including phenoxy) is 1. The predicted octanol–water partition coefficient (Wildman–Crippen LogP) is 4.12. The molecule has 0 saturated carbocycles. The van der Waals surface area contributed by atoms with Gasteiger partial charge in [0.15, 0.2) is 0 Å². The highest BCUT2D eigenvalue weighted by Gasteiger charge is 2.34. The molecule has 27 heavy (non-hydrogen) atoms. The standard InChI is InChI=1S/C22H23NO4/c1-14-12-15(21(24)25)10-11-23(14)22(26)27-13-20-18-8-4-2-6-16(18)17-7-3-5-9-19(17)20/h2-9,14-15,20H,10-13H2,1H3,(H,24,25)/t14-,15-/m0/s1. The number of carboxylic acids is 1. The number of aliphatic carboxylic acids is 1. The predicted molar refractivity (Wildman–Crippen MR) is 102 cm³/mol. The van der Waals surface area contributed by atoms with Gasteiger partial charge in [-0.3, -0.25) is 4.79 Å². The molecule has 1 saturated heterocycles. The highest BCUT2D eigenvalue weighted by molar-refractivity contribution is 5.79. The molecule has 140 valence electrons. The lowest BCUT2D eigenvalue weighted by Crippen LogP contribution is -2.46. The summed E-state index contributed by atoms with van der Waals surface area (Å²) in [4.78, 5) is 25.5. The van der Waals surface area contributed by atoms with Crippen LogP contribution in [0.4, 0.5) is 4.79 Å². The van der Waals surface area contributed by atoms with Gasteiger partial charge in [-0.2, -0.15) is 0 Å². The number of hydrogen-bond acceptors (Lipinski definition) is 3. The number of carboxylic acid groups (broad SMARTS) is 1. The lowest BCUT2D eigenvalue weighted by atomic mass is 9.92. The summed E-state index contributed by atoms with van der Waals surface area (Å²) in [5.74, 6) is -1.13. The number of fused-ring (bicyclic) bond motifs is 3. The van der Waals surface area contributed by atoms with Crippen LogP contribution < -0.4 is 0 Å². The minimum Gasteiger partial charge on any atom is -0.481 e. The molecule has 4 rings (SSSR count). The second kappa shape index (κ2) is 7.06. The third-order valence-electron chi connectivity index (χ3n) is 5.80. The normalized spacial score (nSPS) is 21.4. The van der Waals surface area contributed by atoms with Gasteiger partial charge in [0, 0.05) is 18.5 Å². The van der Waals surface area contributed by atoms with Crippen LogP contribution in [0.3, 0.4) is 0 Å². The van der Waals surface area contributed by atoms with E-state index in [4.69, 9.17) is 4.74 Å². The molecule has 5 nitrogen and oxygen atoms in total. The van der Waals surface area contributed by atoms with Crippen molar-refractivity contribution in [3.63, 3.8) is 0 Å². The number of nitrogens with zero attached hydrogens (tertiary/aromatic N) is 1. The van der Waals surface area contributed by atoms with Gasteiger partial charge < -0.3 is 14.7 Å². The van der Waals surface area contributed by atoms with Gasteiger partial charge in [0.25, 0.3) is 0 Å². The van der Waals surface area contributed by atoms with Crippen molar-refractivity contribution in [2.45, 2.75) is 31.7 Å². The first-order chi connectivity index (χ1) is 13.1. The number of likely N-dealkylation sites (tertiary alicyclic amines) is 1. The van der Waals surface area contributed by atoms with Crippen LogP contribution in [-0.4, -0.2) is 41.3 Å². The van der Waals surface area contributed by atoms with Crippen molar-refractivity contribution in [3.8, 4) is 11.1 Å². The fraction of sp³-hybridized carbons (Fsp3) is 0.364. The van der Waals surface area contributed by atoms with Crippen LogP contribution in [0.5, 0.6) is 0 Å². The molecule has 0 spiro atoms. The summed E-state index contributed by atoms with van der Waals surface area (Å²) in [6.07, 6.45) is 0.594. The van der Waals surface area contributed by atoms with E-state index in [0.29, 0.717) is 26.0 Å². The summed E-state index contributed by atoms with van der Waals surface area (Å²) >= 11 is 0. The molecule has 2 aromatic rings. The summed E-state index contributed by atoms with van der Waals surface area (Å²) < 4.78 is 5.68. The van der Waals surface area contributed by atoms with Crippen LogP contribution in [0.2, 0.25) is 0 Å². The van der Waals surface area contributed by atoms with Crippen LogP contribution in [0, 0.1) is 5.92 Å². The summed E-state index contributed by atoms with van der Waals surface area (Å²) in [5.41, 5.74) is 4.77. The first-order valence-electron chi connectivity index (χ1n) is 9.40. The fourth-order valence-electron chi connectivity index (χ4n) is 4.34. The summed E-state index contributed by atoms with van der Waals surface area (Å²) in [7, 11) is 0. The summed E-state index contributed by atoms with van der Waals surface area (Å²) in [6.45, 7) is 2.60. The number of hydrogen-bond donors (Lipinski definition) is 1. The van der Waals surface area contributed by atoms with Crippen molar-refractivity contribution in [2.24, 2.45) is 5.92 Å². The largest absolute Gasteiger partial charge is 0.481 e. The zero-order chi connectivity index (χ0) is 19.0. The maximum absolute atomic E-state index is 12.6. The summed E-state index contributed by atoms with van der Waals surface area (Å²) in [6, 6.07) is 16.3. The molecule has 0 unspecified atom stereocenters. The number of carbonyl (C=O) groups excluding carboxylic acids is 1. The van der Waals surface area contributed by atoms with Gasteiger partial charge in [0.1, 0.15) is 6.61 Å². The number of piperidine rings is 1.